The molecule has 0 aromatic heterocycles. The lowest BCUT2D eigenvalue weighted by Gasteiger charge is -2.07. The third-order valence-corrected chi connectivity index (χ3v) is 3.61. The van der Waals surface area contributed by atoms with Crippen LogP contribution in [0.5, 0.6) is 0 Å². The Balaban J connectivity index is 1.75. The first-order valence-corrected chi connectivity index (χ1v) is 8.94. The van der Waals surface area contributed by atoms with Crippen LogP contribution in [0.1, 0.15) is 5.56 Å². The molecular weight excluding hydrogens is 330 g/mol. The lowest BCUT2D eigenvalue weighted by molar-refractivity contribution is -0.00330. The van der Waals surface area contributed by atoms with Crippen molar-refractivity contribution in [1.29, 1.82) is 0 Å². The van der Waals surface area contributed by atoms with Crippen molar-refractivity contribution in [3.63, 3.8) is 0 Å². The molecule has 0 unspecified atom stereocenters. The van der Waals surface area contributed by atoms with Crippen LogP contribution in [0, 0.1) is 6.92 Å². The van der Waals surface area contributed by atoms with Crippen LogP contribution in [0.3, 0.4) is 0 Å². The Morgan fingerprint density at radius 1 is 0.708 bits per heavy atom. The highest BCUT2D eigenvalue weighted by Crippen LogP contribution is 2.18. The molecule has 0 aliphatic rings. The van der Waals surface area contributed by atoms with E-state index < -0.39 is 0 Å². The Bertz CT molecular complexity index is 391. The summed E-state index contributed by atoms with van der Waals surface area (Å²) < 4.78 is 26.8. The summed E-state index contributed by atoms with van der Waals surface area (Å²) in [6.07, 6.45) is 0. The van der Waals surface area contributed by atoms with Crippen molar-refractivity contribution < 1.29 is 23.1 Å². The molecule has 0 atom stereocenters. The van der Waals surface area contributed by atoms with E-state index >= 15 is 0 Å². The van der Waals surface area contributed by atoms with Gasteiger partial charge in [0.05, 0.1) is 59.5 Å². The van der Waals surface area contributed by atoms with Crippen molar-refractivity contribution >= 4 is 12.0 Å². The number of benzene rings is 1. The van der Waals surface area contributed by atoms with Crippen molar-refractivity contribution in [2.45, 2.75) is 11.8 Å². The predicted octanol–water partition coefficient (Wildman–Crippen LogP) is 2.04. The van der Waals surface area contributed by atoms with Gasteiger partial charge in [-0.1, -0.05) is 17.7 Å². The van der Waals surface area contributed by atoms with Crippen LogP contribution in [0.25, 0.3) is 0 Å². The Hall–Kier alpha value is -0.670. The summed E-state index contributed by atoms with van der Waals surface area (Å²) in [5.41, 5.74) is 6.54. The molecule has 0 radical (unpaired) electrons. The van der Waals surface area contributed by atoms with Gasteiger partial charge < -0.3 is 28.9 Å². The fourth-order valence-electron chi connectivity index (χ4n) is 1.64. The summed E-state index contributed by atoms with van der Waals surface area (Å²) in [7, 11) is 0. The second-order valence-corrected chi connectivity index (χ2v) is 5.83. The van der Waals surface area contributed by atoms with Crippen LogP contribution in [-0.2, 0) is 23.1 Å². The van der Waals surface area contributed by atoms with E-state index in [1.165, 1.54) is 17.6 Å². The van der Waals surface area contributed by atoms with Crippen molar-refractivity contribution in [2.75, 3.05) is 66.0 Å². The molecule has 138 valence electrons. The van der Waals surface area contributed by atoms with Crippen molar-refractivity contribution in [3.05, 3.63) is 29.8 Å². The summed E-state index contributed by atoms with van der Waals surface area (Å²) in [6.45, 7) is 7.63. The smallest absolute Gasteiger partial charge is 0.0852 e. The maximum absolute atomic E-state index is 5.47. The molecule has 6 nitrogen and oxygen atoms in total. The Morgan fingerprint density at radius 2 is 1.17 bits per heavy atom. The lowest BCUT2D eigenvalue weighted by Crippen LogP contribution is -2.14. The van der Waals surface area contributed by atoms with Crippen LogP contribution in [0.15, 0.2) is 29.2 Å². The molecule has 0 saturated heterocycles. The average molecular weight is 359 g/mol. The van der Waals surface area contributed by atoms with Crippen LogP contribution in [0.2, 0.25) is 0 Å². The van der Waals surface area contributed by atoms with E-state index in [2.05, 4.69) is 19.1 Å². The summed E-state index contributed by atoms with van der Waals surface area (Å²) >= 11 is 1.37. The first-order chi connectivity index (χ1) is 11.8. The highest BCUT2D eigenvalue weighted by molar-refractivity contribution is 7.94. The molecule has 0 saturated carbocycles. The SMILES string of the molecule is Cc1ccc(SOCCOCCOCCOCCOCCN)cc1. The molecule has 1 aromatic carbocycles. The Kier molecular flexibility index (Phi) is 14.1. The van der Waals surface area contributed by atoms with Crippen LogP contribution < -0.4 is 5.73 Å². The topological polar surface area (TPSA) is 72.2 Å². The highest BCUT2D eigenvalue weighted by atomic mass is 32.2. The van der Waals surface area contributed by atoms with E-state index in [1.54, 1.807) is 0 Å². The zero-order chi connectivity index (χ0) is 17.3. The highest BCUT2D eigenvalue weighted by Gasteiger charge is 1.96. The van der Waals surface area contributed by atoms with Crippen molar-refractivity contribution in [3.8, 4) is 0 Å². The summed E-state index contributed by atoms with van der Waals surface area (Å²) in [5.74, 6) is 0. The zero-order valence-corrected chi connectivity index (χ0v) is 15.2. The standard InChI is InChI=1S/C17H29NO5S/c1-16-2-4-17(5-3-16)24-23-15-14-22-13-12-21-11-10-20-9-8-19-7-6-18/h2-5H,6-15,18H2,1H3. The number of hydrogen-bond acceptors (Lipinski definition) is 7. The Morgan fingerprint density at radius 3 is 1.67 bits per heavy atom. The van der Waals surface area contributed by atoms with Gasteiger partial charge in [-0.25, -0.2) is 0 Å². The minimum Gasteiger partial charge on any atom is -0.378 e. The molecule has 7 heteroatoms. The molecule has 2 N–H and O–H groups in total. The quantitative estimate of drug-likeness (QED) is 0.358. The van der Waals surface area contributed by atoms with Gasteiger partial charge in [0, 0.05) is 23.5 Å². The molecule has 0 spiro atoms. The van der Waals surface area contributed by atoms with E-state index in [4.69, 9.17) is 28.9 Å². The molecule has 24 heavy (non-hydrogen) atoms. The lowest BCUT2D eigenvalue weighted by atomic mass is 10.2. The summed E-state index contributed by atoms with van der Waals surface area (Å²) in [5, 5.41) is 0. The van der Waals surface area contributed by atoms with Gasteiger partial charge in [0.1, 0.15) is 0 Å². The van der Waals surface area contributed by atoms with Gasteiger partial charge in [0.2, 0.25) is 0 Å². The molecule has 1 aromatic rings. The van der Waals surface area contributed by atoms with Gasteiger partial charge in [0.25, 0.3) is 0 Å². The molecule has 0 amide bonds. The van der Waals surface area contributed by atoms with E-state index in [1.807, 2.05) is 12.1 Å². The summed E-state index contributed by atoms with van der Waals surface area (Å²) in [4.78, 5) is 1.09. The first kappa shape index (κ1) is 21.4. The monoisotopic (exact) mass is 359 g/mol. The van der Waals surface area contributed by atoms with Gasteiger partial charge in [0.15, 0.2) is 0 Å². The third kappa shape index (κ3) is 12.7. The molecule has 0 bridgehead atoms. The molecular formula is C17H29NO5S. The Labute approximate surface area is 149 Å². The fourth-order valence-corrected chi connectivity index (χ4v) is 2.18. The molecule has 0 aliphatic carbocycles. The molecule has 0 heterocycles. The van der Waals surface area contributed by atoms with Crippen molar-refractivity contribution in [2.24, 2.45) is 5.73 Å². The summed E-state index contributed by atoms with van der Waals surface area (Å²) in [6, 6.07) is 8.22. The van der Waals surface area contributed by atoms with Gasteiger partial charge >= 0.3 is 0 Å². The van der Waals surface area contributed by atoms with E-state index in [9.17, 15) is 0 Å². The second-order valence-electron chi connectivity index (χ2n) is 4.96. The van der Waals surface area contributed by atoms with Gasteiger partial charge in [-0.2, -0.15) is 0 Å². The van der Waals surface area contributed by atoms with E-state index in [0.717, 1.165) is 4.90 Å². The maximum atomic E-state index is 5.47. The second kappa shape index (κ2) is 15.8. The number of aryl methyl sites for hydroxylation is 1. The zero-order valence-electron chi connectivity index (χ0n) is 14.4. The van der Waals surface area contributed by atoms with Gasteiger partial charge in [-0.05, 0) is 19.1 Å². The predicted molar refractivity (Wildman–Crippen MR) is 95.3 cm³/mol. The number of rotatable bonds is 16. The van der Waals surface area contributed by atoms with Gasteiger partial charge in [-0.15, -0.1) is 0 Å². The largest absolute Gasteiger partial charge is 0.378 e. The van der Waals surface area contributed by atoms with Crippen LogP contribution >= 0.6 is 12.0 Å². The fraction of sp³-hybridized carbons (Fsp3) is 0.647. The van der Waals surface area contributed by atoms with Crippen LogP contribution in [0.4, 0.5) is 0 Å². The van der Waals surface area contributed by atoms with E-state index in [-0.39, 0.29) is 0 Å². The minimum atomic E-state index is 0.540. The molecule has 1 rings (SSSR count). The normalized spacial score (nSPS) is 11.1. The van der Waals surface area contributed by atoms with Gasteiger partial charge in [-0.3, -0.25) is 0 Å². The molecule has 0 fully saturated rings. The maximum Gasteiger partial charge on any atom is 0.0852 e. The number of nitrogens with two attached hydrogens (primary N) is 1. The van der Waals surface area contributed by atoms with Crippen molar-refractivity contribution in [1.82, 2.24) is 0 Å². The van der Waals surface area contributed by atoms with Crippen LogP contribution in [-0.4, -0.2) is 66.0 Å². The minimum absolute atomic E-state index is 0.540. The first-order valence-electron chi connectivity index (χ1n) is 8.20. The average Bonchev–Trinajstić information content (AvgIpc) is 2.60. The number of hydrogen-bond donors (Lipinski definition) is 1. The molecule has 0 aliphatic heterocycles. The number of ether oxygens (including phenoxy) is 4. The third-order valence-electron chi connectivity index (χ3n) is 2.87. The van der Waals surface area contributed by atoms with E-state index in [0.29, 0.717) is 66.0 Å².